The van der Waals surface area contributed by atoms with Crippen LogP contribution in [0.2, 0.25) is 0 Å². The van der Waals surface area contributed by atoms with Gasteiger partial charge < -0.3 is 21.3 Å². The van der Waals surface area contributed by atoms with E-state index in [4.69, 9.17) is 15.6 Å². The number of unbranched alkanes of at least 4 members (excludes halogenated alkanes) is 1. The third-order valence-electron chi connectivity index (χ3n) is 2.30. The first-order valence-corrected chi connectivity index (χ1v) is 5.47. The molecule has 94 valence electrons. The Morgan fingerprint density at radius 2 is 2.06 bits per heavy atom. The van der Waals surface area contributed by atoms with Gasteiger partial charge in [0.2, 0.25) is 0 Å². The number of hydrogen-bond donors (Lipinski definition) is 3. The van der Waals surface area contributed by atoms with Crippen molar-refractivity contribution in [3.63, 3.8) is 0 Å². The third kappa shape index (κ3) is 6.36. The minimum absolute atomic E-state index is 0.301. The molecule has 0 amide bonds. The van der Waals surface area contributed by atoms with Crippen LogP contribution in [0.3, 0.4) is 0 Å². The predicted octanol–water partition coefficient (Wildman–Crippen LogP) is -0.868. The molecule has 0 aliphatic carbocycles. The number of esters is 1. The highest BCUT2D eigenvalue weighted by Crippen LogP contribution is 2.00. The molecule has 0 aliphatic heterocycles. The fourth-order valence-electron chi connectivity index (χ4n) is 1.05. The van der Waals surface area contributed by atoms with Gasteiger partial charge in [-0.05, 0) is 19.3 Å². The fourth-order valence-corrected chi connectivity index (χ4v) is 1.05. The highest BCUT2D eigenvalue weighted by atomic mass is 16.5. The molecule has 0 fully saturated rings. The number of rotatable bonds is 8. The van der Waals surface area contributed by atoms with Crippen LogP contribution in [0.1, 0.15) is 32.6 Å². The Balaban J connectivity index is 3.47. The first-order valence-electron chi connectivity index (χ1n) is 5.47. The summed E-state index contributed by atoms with van der Waals surface area (Å²) in [6.07, 6.45) is 2.31. The van der Waals surface area contributed by atoms with Crippen LogP contribution in [0.4, 0.5) is 0 Å². The summed E-state index contributed by atoms with van der Waals surface area (Å²) in [6.45, 7) is 2.17. The van der Waals surface area contributed by atoms with Crippen LogP contribution < -0.4 is 11.5 Å². The molecule has 0 aromatic heterocycles. The van der Waals surface area contributed by atoms with Crippen molar-refractivity contribution in [1.82, 2.24) is 0 Å². The largest absolute Gasteiger partial charge is 0.480 e. The van der Waals surface area contributed by atoms with Crippen molar-refractivity contribution in [2.45, 2.75) is 44.7 Å². The van der Waals surface area contributed by atoms with Crippen molar-refractivity contribution >= 4 is 11.9 Å². The Hall–Kier alpha value is -1.14. The van der Waals surface area contributed by atoms with Gasteiger partial charge in [0.15, 0.2) is 6.04 Å². The maximum atomic E-state index is 11.2. The van der Waals surface area contributed by atoms with Crippen LogP contribution in [0.15, 0.2) is 0 Å². The van der Waals surface area contributed by atoms with E-state index in [0.29, 0.717) is 32.3 Å². The smallest absolute Gasteiger partial charge is 0.364 e. The van der Waals surface area contributed by atoms with Crippen LogP contribution in [0, 0.1) is 0 Å². The summed E-state index contributed by atoms with van der Waals surface area (Å²) >= 11 is 0. The summed E-state index contributed by atoms with van der Waals surface area (Å²) in [5, 5.41) is 8.51. The van der Waals surface area contributed by atoms with Crippen molar-refractivity contribution in [1.29, 1.82) is 0 Å². The van der Waals surface area contributed by atoms with Crippen molar-refractivity contribution in [3.8, 4) is 0 Å². The number of carbonyl (C=O) groups excluding carboxylic acids is 1. The second-order valence-electron chi connectivity index (χ2n) is 3.71. The molecule has 6 nitrogen and oxygen atoms in total. The van der Waals surface area contributed by atoms with Gasteiger partial charge in [-0.2, -0.15) is 0 Å². The molecule has 0 aromatic carbocycles. The van der Waals surface area contributed by atoms with Crippen molar-refractivity contribution in [2.24, 2.45) is 5.73 Å². The molecule has 0 aliphatic rings. The lowest BCUT2D eigenvalue weighted by molar-refractivity contribution is -0.408. The zero-order valence-corrected chi connectivity index (χ0v) is 9.65. The molecule has 2 unspecified atom stereocenters. The van der Waals surface area contributed by atoms with Gasteiger partial charge in [-0.15, -0.1) is 0 Å². The van der Waals surface area contributed by atoms with Crippen LogP contribution in [-0.2, 0) is 14.3 Å². The number of carbonyl (C=O) groups is 2. The van der Waals surface area contributed by atoms with E-state index < -0.39 is 12.0 Å². The Labute approximate surface area is 94.9 Å². The number of nitrogens with two attached hydrogens (primary N) is 1. The molecule has 0 bridgehead atoms. The topological polar surface area (TPSA) is 117 Å². The van der Waals surface area contributed by atoms with Gasteiger partial charge in [0.1, 0.15) is 6.04 Å². The number of quaternary nitrogens is 1. The average molecular weight is 233 g/mol. The van der Waals surface area contributed by atoms with Gasteiger partial charge in [0.05, 0.1) is 6.61 Å². The van der Waals surface area contributed by atoms with Crippen molar-refractivity contribution in [3.05, 3.63) is 0 Å². The number of carboxylic acid groups (broad SMARTS) is 1. The third-order valence-corrected chi connectivity index (χ3v) is 2.30. The van der Waals surface area contributed by atoms with Gasteiger partial charge in [0.25, 0.3) is 0 Å². The summed E-state index contributed by atoms with van der Waals surface area (Å²) < 4.78 is 4.95. The SMILES string of the molecule is CCC([NH3+])C(=O)OCCCCC(N)C(=O)O. The summed E-state index contributed by atoms with van der Waals surface area (Å²) in [7, 11) is 0. The normalized spacial score (nSPS) is 14.2. The van der Waals surface area contributed by atoms with E-state index in [0.717, 1.165) is 0 Å². The first-order chi connectivity index (χ1) is 7.49. The zero-order valence-electron chi connectivity index (χ0n) is 9.65. The Morgan fingerprint density at radius 3 is 2.56 bits per heavy atom. The van der Waals surface area contributed by atoms with Crippen molar-refractivity contribution < 1.29 is 25.2 Å². The molecule has 16 heavy (non-hydrogen) atoms. The highest BCUT2D eigenvalue weighted by molar-refractivity contribution is 5.73. The maximum absolute atomic E-state index is 11.2. The van der Waals surface area contributed by atoms with Crippen molar-refractivity contribution in [2.75, 3.05) is 6.61 Å². The van der Waals surface area contributed by atoms with E-state index in [1.807, 2.05) is 6.92 Å². The Bertz CT molecular complexity index is 233. The molecule has 2 atom stereocenters. The van der Waals surface area contributed by atoms with Gasteiger partial charge in [0, 0.05) is 6.42 Å². The molecular weight excluding hydrogens is 212 g/mol. The van der Waals surface area contributed by atoms with Gasteiger partial charge in [-0.1, -0.05) is 6.92 Å². The number of ether oxygens (including phenoxy) is 1. The standard InChI is InChI=1S/C10H20N2O4/c1-2-7(11)10(15)16-6-4-3-5-8(12)9(13)14/h7-8H,2-6,11-12H2,1H3,(H,13,14)/p+1. The molecule has 6 N–H and O–H groups in total. The maximum Gasteiger partial charge on any atom is 0.364 e. The minimum atomic E-state index is -0.999. The van der Waals surface area contributed by atoms with Gasteiger partial charge in [-0.3, -0.25) is 4.79 Å². The second kappa shape index (κ2) is 8.06. The molecule has 0 rings (SSSR count). The van der Waals surface area contributed by atoms with Crippen LogP contribution in [0.25, 0.3) is 0 Å². The predicted molar refractivity (Wildman–Crippen MR) is 57.4 cm³/mol. The van der Waals surface area contributed by atoms with Gasteiger partial charge in [-0.25, -0.2) is 4.79 Å². The molecule has 0 spiro atoms. The summed E-state index contributed by atoms with van der Waals surface area (Å²) in [4.78, 5) is 21.6. The molecule has 0 saturated carbocycles. The number of hydrogen-bond acceptors (Lipinski definition) is 4. The van der Waals surface area contributed by atoms with Crippen LogP contribution in [0.5, 0.6) is 0 Å². The number of aliphatic carboxylic acids is 1. The van der Waals surface area contributed by atoms with E-state index in [1.54, 1.807) is 0 Å². The van der Waals surface area contributed by atoms with E-state index in [1.165, 1.54) is 0 Å². The van der Waals surface area contributed by atoms with Crippen LogP contribution in [-0.4, -0.2) is 35.7 Å². The summed E-state index contributed by atoms with van der Waals surface area (Å²) in [5.41, 5.74) is 8.95. The Morgan fingerprint density at radius 1 is 1.44 bits per heavy atom. The van der Waals surface area contributed by atoms with Crippen LogP contribution >= 0.6 is 0 Å². The lowest BCUT2D eigenvalue weighted by Crippen LogP contribution is -2.65. The first kappa shape index (κ1) is 14.9. The number of carboxylic acids is 1. The quantitative estimate of drug-likeness (QED) is 0.372. The van der Waals surface area contributed by atoms with Gasteiger partial charge >= 0.3 is 11.9 Å². The highest BCUT2D eigenvalue weighted by Gasteiger charge is 2.16. The summed E-state index contributed by atoms with van der Waals surface area (Å²) in [5.74, 6) is -1.30. The molecule has 0 aromatic rings. The molecular formula is C10H21N2O4+. The van der Waals surface area contributed by atoms with E-state index in [-0.39, 0.29) is 12.0 Å². The molecule has 0 radical (unpaired) electrons. The fraction of sp³-hybridized carbons (Fsp3) is 0.800. The summed E-state index contributed by atoms with van der Waals surface area (Å²) in [6, 6.07) is -1.15. The minimum Gasteiger partial charge on any atom is -0.480 e. The second-order valence-corrected chi connectivity index (χ2v) is 3.71. The monoisotopic (exact) mass is 233 g/mol. The Kier molecular flexibility index (Phi) is 7.49. The lowest BCUT2D eigenvalue weighted by atomic mass is 10.1. The molecule has 0 saturated heterocycles. The molecule has 0 heterocycles. The van der Waals surface area contributed by atoms with E-state index in [9.17, 15) is 9.59 Å². The average Bonchev–Trinajstić information content (AvgIpc) is 2.26. The van der Waals surface area contributed by atoms with E-state index >= 15 is 0 Å². The zero-order chi connectivity index (χ0) is 12.6. The lowest BCUT2D eigenvalue weighted by Gasteiger charge is -2.08. The van der Waals surface area contributed by atoms with E-state index in [2.05, 4.69) is 5.73 Å². The molecule has 6 heteroatoms.